The van der Waals surface area contributed by atoms with Gasteiger partial charge in [-0.2, -0.15) is 0 Å². The van der Waals surface area contributed by atoms with Gasteiger partial charge in [0.1, 0.15) is 0 Å². The van der Waals surface area contributed by atoms with Gasteiger partial charge >= 0.3 is 0 Å². The predicted octanol–water partition coefficient (Wildman–Crippen LogP) is 3.83. The lowest BCUT2D eigenvalue weighted by atomic mass is 9.98. The monoisotopic (exact) mass is 231 g/mol. The quantitative estimate of drug-likeness (QED) is 0.830. The molecule has 0 bridgehead atoms. The molecule has 2 unspecified atom stereocenters. The Morgan fingerprint density at radius 1 is 1.24 bits per heavy atom. The first-order valence-corrected chi connectivity index (χ1v) is 6.93. The van der Waals surface area contributed by atoms with E-state index < -0.39 is 0 Å². The zero-order valence-electron chi connectivity index (χ0n) is 11.4. The number of hydrogen-bond donors (Lipinski definition) is 1. The number of hydrogen-bond acceptors (Lipinski definition) is 1. The fourth-order valence-corrected chi connectivity index (χ4v) is 2.91. The zero-order chi connectivity index (χ0) is 12.3. The van der Waals surface area contributed by atoms with Crippen molar-refractivity contribution in [3.05, 3.63) is 34.9 Å². The number of benzene rings is 1. The molecule has 2 atom stereocenters. The van der Waals surface area contributed by atoms with Gasteiger partial charge in [0.2, 0.25) is 0 Å². The van der Waals surface area contributed by atoms with E-state index in [1.165, 1.54) is 42.5 Å². The molecule has 0 saturated heterocycles. The largest absolute Gasteiger partial charge is 0.312 e. The molecule has 0 aromatic heterocycles. The minimum absolute atomic E-state index is 0.903. The average molecular weight is 231 g/mol. The lowest BCUT2D eigenvalue weighted by Crippen LogP contribution is -2.24. The topological polar surface area (TPSA) is 12.0 Å². The van der Waals surface area contributed by atoms with Crippen molar-refractivity contribution in [1.29, 1.82) is 0 Å². The maximum absolute atomic E-state index is 3.64. The molecule has 1 N–H and O–H groups in total. The van der Waals surface area contributed by atoms with Crippen molar-refractivity contribution in [3.8, 4) is 0 Å². The van der Waals surface area contributed by atoms with Gasteiger partial charge in [-0.05, 0) is 49.8 Å². The smallest absolute Gasteiger partial charge is 0.0208 e. The van der Waals surface area contributed by atoms with E-state index >= 15 is 0 Å². The first-order chi connectivity index (χ1) is 8.16. The summed E-state index contributed by atoms with van der Waals surface area (Å²) in [5.74, 6) is 1.82. The predicted molar refractivity (Wildman–Crippen MR) is 74.1 cm³/mol. The molecule has 0 spiro atoms. The lowest BCUT2D eigenvalue weighted by Gasteiger charge is -2.16. The van der Waals surface area contributed by atoms with Crippen LogP contribution in [0.3, 0.4) is 0 Å². The van der Waals surface area contributed by atoms with Crippen molar-refractivity contribution in [1.82, 2.24) is 5.32 Å². The summed E-state index contributed by atoms with van der Waals surface area (Å²) in [7, 11) is 0. The molecule has 0 radical (unpaired) electrons. The van der Waals surface area contributed by atoms with Gasteiger partial charge in [0.25, 0.3) is 0 Å². The molecule has 1 saturated carbocycles. The van der Waals surface area contributed by atoms with Crippen molar-refractivity contribution < 1.29 is 0 Å². The highest BCUT2D eigenvalue weighted by Gasteiger charge is 2.22. The van der Waals surface area contributed by atoms with E-state index in [1.807, 2.05) is 0 Å². The molecule has 0 heterocycles. The molecule has 1 aromatic rings. The Bertz CT molecular complexity index is 370. The van der Waals surface area contributed by atoms with Crippen LogP contribution in [-0.4, -0.2) is 6.54 Å². The van der Waals surface area contributed by atoms with Gasteiger partial charge in [0.05, 0.1) is 0 Å². The maximum atomic E-state index is 3.64. The third-order valence-electron chi connectivity index (χ3n) is 4.27. The first-order valence-electron chi connectivity index (χ1n) is 6.93. The highest BCUT2D eigenvalue weighted by molar-refractivity contribution is 5.30. The molecule has 0 amide bonds. The summed E-state index contributed by atoms with van der Waals surface area (Å²) in [6, 6.07) is 6.73. The standard InChI is InChI=1S/C16H25N/c1-12-7-8-14(3)16(9-12)11-17-10-15-6-4-5-13(15)2/h7-9,13,15,17H,4-6,10-11H2,1-3H3. The van der Waals surface area contributed by atoms with E-state index in [0.717, 1.165) is 18.4 Å². The summed E-state index contributed by atoms with van der Waals surface area (Å²) < 4.78 is 0. The van der Waals surface area contributed by atoms with Crippen molar-refractivity contribution in [2.45, 2.75) is 46.6 Å². The summed E-state index contributed by atoms with van der Waals surface area (Å²) in [4.78, 5) is 0. The average Bonchev–Trinajstić information content (AvgIpc) is 2.70. The van der Waals surface area contributed by atoms with Gasteiger partial charge in [-0.3, -0.25) is 0 Å². The third-order valence-corrected chi connectivity index (χ3v) is 4.27. The molecule has 1 aromatic carbocycles. The van der Waals surface area contributed by atoms with Crippen LogP contribution in [0.25, 0.3) is 0 Å². The van der Waals surface area contributed by atoms with Gasteiger partial charge in [-0.15, -0.1) is 0 Å². The van der Waals surface area contributed by atoms with E-state index in [4.69, 9.17) is 0 Å². The Morgan fingerprint density at radius 2 is 2.06 bits per heavy atom. The van der Waals surface area contributed by atoms with E-state index in [-0.39, 0.29) is 0 Å². The van der Waals surface area contributed by atoms with Crippen LogP contribution in [0.15, 0.2) is 18.2 Å². The summed E-state index contributed by atoms with van der Waals surface area (Å²) in [6.45, 7) is 8.99. The zero-order valence-corrected chi connectivity index (χ0v) is 11.4. The van der Waals surface area contributed by atoms with Crippen LogP contribution in [0.5, 0.6) is 0 Å². The van der Waals surface area contributed by atoms with Crippen molar-refractivity contribution in [2.75, 3.05) is 6.54 Å². The van der Waals surface area contributed by atoms with E-state index in [9.17, 15) is 0 Å². The minimum Gasteiger partial charge on any atom is -0.312 e. The second kappa shape index (κ2) is 5.68. The minimum atomic E-state index is 0.903. The van der Waals surface area contributed by atoms with Crippen LogP contribution in [0.4, 0.5) is 0 Å². The number of aryl methyl sites for hydroxylation is 2. The van der Waals surface area contributed by atoms with Gasteiger partial charge in [-0.25, -0.2) is 0 Å². The van der Waals surface area contributed by atoms with Crippen LogP contribution in [0.2, 0.25) is 0 Å². The third kappa shape index (κ3) is 3.32. The van der Waals surface area contributed by atoms with Crippen LogP contribution < -0.4 is 5.32 Å². The Morgan fingerprint density at radius 3 is 2.76 bits per heavy atom. The summed E-state index contributed by atoms with van der Waals surface area (Å²) in [5.41, 5.74) is 4.22. The Balaban J connectivity index is 1.83. The molecule has 1 aliphatic rings. The maximum Gasteiger partial charge on any atom is 0.0208 e. The molecule has 0 aliphatic heterocycles. The molecule has 1 nitrogen and oxygen atoms in total. The first kappa shape index (κ1) is 12.6. The molecule has 1 heteroatoms. The van der Waals surface area contributed by atoms with Crippen LogP contribution in [0.1, 0.15) is 42.9 Å². The molecular formula is C16H25N. The SMILES string of the molecule is Cc1ccc(C)c(CNCC2CCCC2C)c1. The highest BCUT2D eigenvalue weighted by atomic mass is 14.9. The summed E-state index contributed by atoms with van der Waals surface area (Å²) in [5, 5.41) is 3.64. The number of nitrogens with one attached hydrogen (secondary N) is 1. The van der Waals surface area contributed by atoms with Gasteiger partial charge in [0, 0.05) is 6.54 Å². The molecular weight excluding hydrogens is 206 g/mol. The molecule has 17 heavy (non-hydrogen) atoms. The van der Waals surface area contributed by atoms with Crippen molar-refractivity contribution in [3.63, 3.8) is 0 Å². The van der Waals surface area contributed by atoms with Crippen LogP contribution in [0, 0.1) is 25.7 Å². The Kier molecular flexibility index (Phi) is 4.22. The fourth-order valence-electron chi connectivity index (χ4n) is 2.91. The van der Waals surface area contributed by atoms with Crippen LogP contribution >= 0.6 is 0 Å². The second-order valence-electron chi connectivity index (χ2n) is 5.73. The molecule has 94 valence electrons. The van der Waals surface area contributed by atoms with Gasteiger partial charge < -0.3 is 5.32 Å². The second-order valence-corrected chi connectivity index (χ2v) is 5.73. The van der Waals surface area contributed by atoms with E-state index in [0.29, 0.717) is 0 Å². The van der Waals surface area contributed by atoms with Gasteiger partial charge in [0.15, 0.2) is 0 Å². The summed E-state index contributed by atoms with van der Waals surface area (Å²) in [6.07, 6.45) is 4.27. The number of rotatable bonds is 4. The van der Waals surface area contributed by atoms with E-state index in [2.05, 4.69) is 44.3 Å². The Hall–Kier alpha value is -0.820. The van der Waals surface area contributed by atoms with E-state index in [1.54, 1.807) is 0 Å². The van der Waals surface area contributed by atoms with Crippen LogP contribution in [-0.2, 0) is 6.54 Å². The normalized spacial score (nSPS) is 24.2. The fraction of sp³-hybridized carbons (Fsp3) is 0.625. The highest BCUT2D eigenvalue weighted by Crippen LogP contribution is 2.30. The van der Waals surface area contributed by atoms with Crippen molar-refractivity contribution in [2.24, 2.45) is 11.8 Å². The Labute approximate surface area is 106 Å². The molecule has 1 aliphatic carbocycles. The molecule has 1 fully saturated rings. The molecule has 2 rings (SSSR count). The lowest BCUT2D eigenvalue weighted by molar-refractivity contribution is 0.392. The van der Waals surface area contributed by atoms with Gasteiger partial charge in [-0.1, -0.05) is 43.5 Å². The summed E-state index contributed by atoms with van der Waals surface area (Å²) >= 11 is 0. The van der Waals surface area contributed by atoms with Crippen molar-refractivity contribution >= 4 is 0 Å².